The first-order valence-corrected chi connectivity index (χ1v) is 14.2. The SMILES string of the molecule is C=CC(=O)Nc1cccc(Oc2nc(Nc3ccc(N4CCN(C)CC4)cc3)nc3c2ccn3S(C)(=O)=O)c1. The molecule has 2 aromatic carbocycles. The van der Waals surface area contributed by atoms with Crippen LogP contribution in [0.3, 0.4) is 0 Å². The van der Waals surface area contributed by atoms with Gasteiger partial charge in [-0.2, -0.15) is 9.97 Å². The summed E-state index contributed by atoms with van der Waals surface area (Å²) in [4.78, 5) is 25.4. The predicted octanol–water partition coefficient (Wildman–Crippen LogP) is 3.65. The minimum absolute atomic E-state index is 0.158. The Balaban J connectivity index is 1.46. The van der Waals surface area contributed by atoms with Gasteiger partial charge in [0, 0.05) is 55.5 Å². The minimum atomic E-state index is -3.63. The highest BCUT2D eigenvalue weighted by Crippen LogP contribution is 2.32. The van der Waals surface area contributed by atoms with Crippen molar-refractivity contribution in [1.29, 1.82) is 0 Å². The van der Waals surface area contributed by atoms with Crippen LogP contribution in [0.2, 0.25) is 0 Å². The van der Waals surface area contributed by atoms with Gasteiger partial charge in [-0.1, -0.05) is 12.6 Å². The van der Waals surface area contributed by atoms with Crippen molar-refractivity contribution in [2.45, 2.75) is 0 Å². The second-order valence-corrected chi connectivity index (χ2v) is 11.1. The monoisotopic (exact) mass is 547 g/mol. The highest BCUT2D eigenvalue weighted by atomic mass is 32.2. The van der Waals surface area contributed by atoms with Crippen molar-refractivity contribution >= 4 is 50.0 Å². The highest BCUT2D eigenvalue weighted by molar-refractivity contribution is 7.89. The number of piperazine rings is 1. The molecular weight excluding hydrogens is 518 g/mol. The molecule has 1 saturated heterocycles. The maximum Gasteiger partial charge on any atom is 0.247 e. The van der Waals surface area contributed by atoms with Crippen LogP contribution in [0.4, 0.5) is 23.0 Å². The zero-order chi connectivity index (χ0) is 27.6. The standard InChI is InChI=1S/C27H29N7O4S/c1-4-24(35)28-20-6-5-7-22(18-20)38-26-23-12-13-34(39(3,36)37)25(23)30-27(31-26)29-19-8-10-21(11-9-19)33-16-14-32(2)15-17-33/h4-13,18H,1,14-17H2,2-3H3,(H,28,35)(H,29,30,31). The number of benzene rings is 2. The fourth-order valence-corrected chi connectivity index (χ4v) is 4.99. The molecule has 39 heavy (non-hydrogen) atoms. The summed E-state index contributed by atoms with van der Waals surface area (Å²) in [5.74, 6) is 0.370. The maximum atomic E-state index is 12.4. The lowest BCUT2D eigenvalue weighted by atomic mass is 10.2. The van der Waals surface area contributed by atoms with Gasteiger partial charge in [-0.3, -0.25) is 4.79 Å². The van der Waals surface area contributed by atoms with Crippen LogP contribution >= 0.6 is 0 Å². The Morgan fingerprint density at radius 2 is 1.77 bits per heavy atom. The molecule has 0 radical (unpaired) electrons. The summed E-state index contributed by atoms with van der Waals surface area (Å²) in [5, 5.41) is 6.26. The fourth-order valence-electron chi connectivity index (χ4n) is 4.26. The van der Waals surface area contributed by atoms with Gasteiger partial charge in [-0.15, -0.1) is 0 Å². The Kier molecular flexibility index (Phi) is 7.22. The molecule has 1 amide bonds. The average molecular weight is 548 g/mol. The topological polar surface area (TPSA) is 122 Å². The molecule has 0 spiro atoms. The summed E-state index contributed by atoms with van der Waals surface area (Å²) in [6.45, 7) is 7.41. The molecule has 202 valence electrons. The Hall–Kier alpha value is -4.42. The van der Waals surface area contributed by atoms with E-state index < -0.39 is 10.0 Å². The molecule has 1 aliphatic rings. The Labute approximate surface area is 226 Å². The summed E-state index contributed by atoms with van der Waals surface area (Å²) < 4.78 is 32.0. The van der Waals surface area contributed by atoms with E-state index >= 15 is 0 Å². The number of amides is 1. The molecule has 0 bridgehead atoms. The van der Waals surface area contributed by atoms with Crippen LogP contribution in [0, 0.1) is 0 Å². The predicted molar refractivity (Wildman–Crippen MR) is 153 cm³/mol. The van der Waals surface area contributed by atoms with E-state index in [1.807, 2.05) is 24.3 Å². The van der Waals surface area contributed by atoms with E-state index in [9.17, 15) is 13.2 Å². The Morgan fingerprint density at radius 1 is 1.03 bits per heavy atom. The van der Waals surface area contributed by atoms with E-state index in [1.54, 1.807) is 30.3 Å². The Morgan fingerprint density at radius 3 is 2.46 bits per heavy atom. The fraction of sp³-hybridized carbons (Fsp3) is 0.222. The number of nitrogens with one attached hydrogen (secondary N) is 2. The summed E-state index contributed by atoms with van der Waals surface area (Å²) >= 11 is 0. The molecule has 2 aromatic heterocycles. The van der Waals surface area contributed by atoms with Crippen molar-refractivity contribution in [2.24, 2.45) is 0 Å². The first-order valence-electron chi connectivity index (χ1n) is 12.3. The van der Waals surface area contributed by atoms with E-state index in [0.717, 1.165) is 47.8 Å². The third-order valence-corrected chi connectivity index (χ3v) is 7.34. The van der Waals surface area contributed by atoms with E-state index in [1.165, 1.54) is 12.3 Å². The molecule has 5 rings (SSSR count). The number of ether oxygens (including phenoxy) is 1. The average Bonchev–Trinajstić information content (AvgIpc) is 3.35. The Bertz CT molecular complexity index is 1630. The summed E-state index contributed by atoms with van der Waals surface area (Å²) in [5.41, 5.74) is 2.55. The number of anilines is 4. The van der Waals surface area contributed by atoms with E-state index in [0.29, 0.717) is 16.8 Å². The first kappa shape index (κ1) is 26.2. The number of nitrogens with zero attached hydrogens (tertiary/aromatic N) is 5. The second-order valence-electron chi connectivity index (χ2n) is 9.25. The van der Waals surface area contributed by atoms with Gasteiger partial charge in [0.1, 0.15) is 5.75 Å². The molecule has 1 aliphatic heterocycles. The van der Waals surface area contributed by atoms with Crippen molar-refractivity contribution < 1.29 is 17.9 Å². The second kappa shape index (κ2) is 10.8. The van der Waals surface area contributed by atoms with E-state index in [2.05, 4.69) is 44.0 Å². The van der Waals surface area contributed by atoms with Gasteiger partial charge in [0.05, 0.1) is 11.6 Å². The van der Waals surface area contributed by atoms with Gasteiger partial charge in [0.2, 0.25) is 27.8 Å². The van der Waals surface area contributed by atoms with Crippen LogP contribution in [-0.2, 0) is 14.8 Å². The van der Waals surface area contributed by atoms with Gasteiger partial charge >= 0.3 is 0 Å². The highest BCUT2D eigenvalue weighted by Gasteiger charge is 2.19. The van der Waals surface area contributed by atoms with Gasteiger partial charge < -0.3 is 25.2 Å². The van der Waals surface area contributed by atoms with Crippen LogP contribution in [0.5, 0.6) is 11.6 Å². The lowest BCUT2D eigenvalue weighted by molar-refractivity contribution is -0.111. The van der Waals surface area contributed by atoms with Crippen molar-refractivity contribution in [1.82, 2.24) is 18.8 Å². The summed E-state index contributed by atoms with van der Waals surface area (Å²) in [6.07, 6.45) is 3.69. The molecular formula is C27H29N7O4S. The van der Waals surface area contributed by atoms with Crippen molar-refractivity contribution in [2.75, 3.05) is 55.0 Å². The smallest absolute Gasteiger partial charge is 0.247 e. The molecule has 0 aliphatic carbocycles. The lowest BCUT2D eigenvalue weighted by Crippen LogP contribution is -2.44. The molecule has 0 unspecified atom stereocenters. The molecule has 2 N–H and O–H groups in total. The van der Waals surface area contributed by atoms with Crippen LogP contribution in [-0.4, -0.2) is 72.6 Å². The van der Waals surface area contributed by atoms with Crippen LogP contribution in [0.25, 0.3) is 11.0 Å². The number of rotatable bonds is 8. The summed E-state index contributed by atoms with van der Waals surface area (Å²) in [6, 6.07) is 16.3. The first-order chi connectivity index (χ1) is 18.7. The quantitative estimate of drug-likeness (QED) is 0.318. The zero-order valence-electron chi connectivity index (χ0n) is 21.7. The van der Waals surface area contributed by atoms with Gasteiger partial charge in [0.25, 0.3) is 0 Å². The van der Waals surface area contributed by atoms with Crippen LogP contribution in [0.15, 0.2) is 73.4 Å². The van der Waals surface area contributed by atoms with Gasteiger partial charge in [-0.05, 0) is 55.6 Å². The maximum absolute atomic E-state index is 12.4. The third kappa shape index (κ3) is 6.02. The van der Waals surface area contributed by atoms with Gasteiger partial charge in [0.15, 0.2) is 5.65 Å². The molecule has 0 atom stereocenters. The van der Waals surface area contributed by atoms with Crippen LogP contribution < -0.4 is 20.3 Å². The lowest BCUT2D eigenvalue weighted by Gasteiger charge is -2.34. The number of fused-ring (bicyclic) bond motifs is 1. The molecule has 3 heterocycles. The van der Waals surface area contributed by atoms with E-state index in [-0.39, 0.29) is 23.4 Å². The largest absolute Gasteiger partial charge is 0.438 e. The van der Waals surface area contributed by atoms with Gasteiger partial charge in [-0.25, -0.2) is 12.4 Å². The normalized spacial score (nSPS) is 14.3. The number of likely N-dealkylation sites (N-methyl/N-ethyl adjacent to an activating group) is 1. The number of carbonyl (C=O) groups is 1. The molecule has 0 saturated carbocycles. The number of hydrogen-bond acceptors (Lipinski definition) is 9. The summed E-state index contributed by atoms with van der Waals surface area (Å²) in [7, 11) is -1.51. The van der Waals surface area contributed by atoms with Crippen molar-refractivity contribution in [3.05, 3.63) is 73.4 Å². The molecule has 11 nitrogen and oxygen atoms in total. The molecule has 1 fully saturated rings. The molecule has 12 heteroatoms. The minimum Gasteiger partial charge on any atom is -0.438 e. The van der Waals surface area contributed by atoms with Crippen molar-refractivity contribution in [3.63, 3.8) is 0 Å². The zero-order valence-corrected chi connectivity index (χ0v) is 22.5. The van der Waals surface area contributed by atoms with Crippen LogP contribution in [0.1, 0.15) is 0 Å². The molecule has 4 aromatic rings. The third-order valence-electron chi connectivity index (χ3n) is 6.33. The van der Waals surface area contributed by atoms with E-state index in [4.69, 9.17) is 4.74 Å². The number of carbonyl (C=O) groups excluding carboxylic acids is 1. The number of hydrogen-bond donors (Lipinski definition) is 2. The number of aromatic nitrogens is 3. The van der Waals surface area contributed by atoms with Crippen molar-refractivity contribution in [3.8, 4) is 11.6 Å².